The van der Waals surface area contributed by atoms with Crippen LogP contribution < -0.4 is 0 Å². The zero-order valence-electron chi connectivity index (χ0n) is 11.4. The molecule has 1 aliphatic heterocycles. The molecule has 0 bridgehead atoms. The van der Waals surface area contributed by atoms with Crippen LogP contribution >= 0.6 is 34.8 Å². The Bertz CT molecular complexity index is 560. The number of azide groups is 2. The van der Waals surface area contributed by atoms with Gasteiger partial charge in [0.1, 0.15) is 0 Å². The first kappa shape index (κ1) is 19.8. The third-order valence-electron chi connectivity index (χ3n) is 3.12. The molecule has 0 amide bonds. The molecule has 0 spiro atoms. The highest BCUT2D eigenvalue weighted by Crippen LogP contribution is 2.42. The van der Waals surface area contributed by atoms with Crippen LogP contribution in [0.5, 0.6) is 0 Å². The van der Waals surface area contributed by atoms with Crippen LogP contribution in [0.4, 0.5) is 8.78 Å². The van der Waals surface area contributed by atoms with E-state index in [-0.39, 0.29) is 0 Å². The number of nitrogens with zero attached hydrogens (tertiary/aromatic N) is 6. The van der Waals surface area contributed by atoms with Gasteiger partial charge in [-0.2, -0.15) is 0 Å². The van der Waals surface area contributed by atoms with Crippen molar-refractivity contribution < 1.29 is 18.3 Å². The van der Waals surface area contributed by atoms with E-state index in [0.29, 0.717) is 0 Å². The predicted octanol–water partition coefficient (Wildman–Crippen LogP) is 4.34. The first-order valence-corrected chi connectivity index (χ1v) is 7.09. The second-order valence-corrected chi connectivity index (χ2v) is 6.80. The van der Waals surface area contributed by atoms with Gasteiger partial charge in [-0.05, 0) is 11.1 Å². The van der Waals surface area contributed by atoms with Crippen molar-refractivity contribution in [2.45, 2.75) is 35.1 Å². The van der Waals surface area contributed by atoms with Crippen LogP contribution in [0.25, 0.3) is 20.9 Å². The maximum absolute atomic E-state index is 14.4. The van der Waals surface area contributed by atoms with E-state index in [4.69, 9.17) is 60.7 Å². The van der Waals surface area contributed by atoms with Gasteiger partial charge in [0.05, 0.1) is 12.6 Å². The monoisotopic (exact) mass is 391 g/mol. The summed E-state index contributed by atoms with van der Waals surface area (Å²) < 4.78 is 36.5. The molecule has 128 valence electrons. The molecule has 23 heavy (non-hydrogen) atoms. The Kier molecular flexibility index (Phi) is 6.52. The van der Waals surface area contributed by atoms with Crippen molar-refractivity contribution in [3.05, 3.63) is 20.9 Å². The molecule has 0 aromatic carbocycles. The van der Waals surface area contributed by atoms with E-state index < -0.39 is 46.5 Å². The highest BCUT2D eigenvalue weighted by molar-refractivity contribution is 6.76. The highest BCUT2D eigenvalue weighted by atomic mass is 35.6. The number of alkyl halides is 5. The van der Waals surface area contributed by atoms with Gasteiger partial charge in [0.25, 0.3) is 9.72 Å². The average molecular weight is 393 g/mol. The Morgan fingerprint density at radius 2 is 2.00 bits per heavy atom. The summed E-state index contributed by atoms with van der Waals surface area (Å²) >= 11 is 16.2. The number of rotatable bonds is 4. The van der Waals surface area contributed by atoms with Crippen LogP contribution in [-0.4, -0.2) is 40.6 Å². The normalized spacial score (nSPS) is 29.8. The van der Waals surface area contributed by atoms with Gasteiger partial charge in [0, 0.05) is 15.7 Å². The lowest BCUT2D eigenvalue weighted by Gasteiger charge is -2.43. The van der Waals surface area contributed by atoms with Crippen molar-refractivity contribution in [3.63, 3.8) is 0 Å². The summed E-state index contributed by atoms with van der Waals surface area (Å²) in [5, 5.41) is 13.6. The molecule has 1 aliphatic rings. The molecule has 2 unspecified atom stereocenters. The molecule has 0 radical (unpaired) electrons. The quantitative estimate of drug-likeness (QED) is 0.190. The molecule has 1 heterocycles. The second-order valence-electron chi connectivity index (χ2n) is 4.51. The molecule has 1 saturated heterocycles. The molecule has 0 aromatic rings. The number of ether oxygens (including phenoxy) is 2. The van der Waals surface area contributed by atoms with E-state index in [1.807, 2.05) is 0 Å². The Morgan fingerprint density at radius 3 is 2.48 bits per heavy atom. The van der Waals surface area contributed by atoms with Crippen LogP contribution in [0.3, 0.4) is 0 Å². The number of hydrogen-bond acceptors (Lipinski definition) is 5. The van der Waals surface area contributed by atoms with E-state index in [2.05, 4.69) is 20.1 Å². The molecule has 1 rings (SSSR count). The van der Waals surface area contributed by atoms with Crippen LogP contribution in [-0.2, 0) is 9.47 Å². The van der Waals surface area contributed by atoms with E-state index >= 15 is 0 Å². The Balaban J connectivity index is 3.13. The molecule has 4 atom stereocenters. The van der Waals surface area contributed by atoms with E-state index in [9.17, 15) is 8.78 Å². The predicted molar refractivity (Wildman–Crippen MR) is 78.8 cm³/mol. The van der Waals surface area contributed by atoms with Gasteiger partial charge in [0.2, 0.25) is 12.2 Å². The summed E-state index contributed by atoms with van der Waals surface area (Å²) in [5.41, 5.74) is 16.8. The SMILES string of the molecule is C[C@@H]1[C@@H](CN=[N+]=[N-])OC(OC(=N)C(Cl)(Cl)Cl)C(N=[N+]=[N-])C1(F)F. The number of halogens is 5. The number of hydrogen-bond donors (Lipinski definition) is 1. The van der Waals surface area contributed by atoms with Gasteiger partial charge in [-0.15, -0.1) is 0 Å². The maximum atomic E-state index is 14.4. The largest absolute Gasteiger partial charge is 0.447 e. The van der Waals surface area contributed by atoms with Gasteiger partial charge >= 0.3 is 0 Å². The standard InChI is InChI=1S/C9H10Cl3F2N7O2/c1-3-4(2-18-20-16)22-6(23-7(15)9(10,11)12)5(19-21-17)8(3,13)14/h3-6,15H,2H2,1H3/t3-,4-,5?,6?/m1/s1. The molecule has 0 aliphatic carbocycles. The van der Waals surface area contributed by atoms with Crippen molar-refractivity contribution in [3.8, 4) is 0 Å². The van der Waals surface area contributed by atoms with Crippen LogP contribution in [0.1, 0.15) is 6.92 Å². The zero-order chi connectivity index (χ0) is 17.8. The molecule has 0 aromatic heterocycles. The molecular weight excluding hydrogens is 383 g/mol. The first-order valence-electron chi connectivity index (χ1n) is 5.96. The maximum Gasteiger partial charge on any atom is 0.267 e. The molecule has 14 heteroatoms. The summed E-state index contributed by atoms with van der Waals surface area (Å²) in [6, 6.07) is -2.10. The van der Waals surface area contributed by atoms with E-state index in [0.717, 1.165) is 6.92 Å². The fourth-order valence-electron chi connectivity index (χ4n) is 1.84. The van der Waals surface area contributed by atoms with Crippen molar-refractivity contribution in [1.82, 2.24) is 0 Å². The Hall–Kier alpha value is -1.22. The topological polar surface area (TPSA) is 140 Å². The van der Waals surface area contributed by atoms with Gasteiger partial charge in [-0.1, -0.05) is 52.0 Å². The van der Waals surface area contributed by atoms with Gasteiger partial charge < -0.3 is 9.47 Å². The minimum absolute atomic E-state index is 0.419. The van der Waals surface area contributed by atoms with E-state index in [1.165, 1.54) is 0 Å². The Labute approximate surface area is 143 Å². The second kappa shape index (κ2) is 7.57. The van der Waals surface area contributed by atoms with E-state index in [1.54, 1.807) is 0 Å². The molecular formula is C9H10Cl3F2N7O2. The van der Waals surface area contributed by atoms with Crippen LogP contribution in [0, 0.1) is 11.3 Å². The third-order valence-corrected chi connectivity index (χ3v) is 3.63. The molecule has 1 N–H and O–H groups in total. The smallest absolute Gasteiger partial charge is 0.267 e. The van der Waals surface area contributed by atoms with Crippen LogP contribution in [0.2, 0.25) is 0 Å². The summed E-state index contributed by atoms with van der Waals surface area (Å²) in [4.78, 5) is 4.79. The minimum Gasteiger partial charge on any atom is -0.447 e. The van der Waals surface area contributed by atoms with Gasteiger partial charge in [0.15, 0.2) is 6.04 Å². The third kappa shape index (κ3) is 4.63. The summed E-state index contributed by atoms with van der Waals surface area (Å²) in [5.74, 6) is -6.01. The van der Waals surface area contributed by atoms with Crippen molar-refractivity contribution >= 4 is 40.7 Å². The lowest BCUT2D eigenvalue weighted by Crippen LogP contribution is -2.59. The lowest BCUT2D eigenvalue weighted by atomic mass is 9.88. The zero-order valence-corrected chi connectivity index (χ0v) is 13.7. The fraction of sp³-hybridized carbons (Fsp3) is 0.889. The highest BCUT2D eigenvalue weighted by Gasteiger charge is 2.57. The first-order chi connectivity index (χ1) is 10.6. The molecule has 9 nitrogen and oxygen atoms in total. The summed E-state index contributed by atoms with van der Waals surface area (Å²) in [6.07, 6.45) is -3.14. The number of nitrogens with one attached hydrogen (secondary N) is 1. The molecule has 1 fully saturated rings. The van der Waals surface area contributed by atoms with Crippen molar-refractivity contribution in [2.24, 2.45) is 16.1 Å². The van der Waals surface area contributed by atoms with Crippen molar-refractivity contribution in [1.29, 1.82) is 5.41 Å². The molecule has 0 saturated carbocycles. The summed E-state index contributed by atoms with van der Waals surface area (Å²) in [7, 11) is 0. The van der Waals surface area contributed by atoms with Crippen LogP contribution in [0.15, 0.2) is 10.2 Å². The lowest BCUT2D eigenvalue weighted by molar-refractivity contribution is -0.263. The Morgan fingerprint density at radius 1 is 1.39 bits per heavy atom. The van der Waals surface area contributed by atoms with Crippen molar-refractivity contribution in [2.75, 3.05) is 6.54 Å². The average Bonchev–Trinajstić information content (AvgIpc) is 2.44. The van der Waals surface area contributed by atoms with Gasteiger partial charge in [-0.3, -0.25) is 5.41 Å². The fourth-order valence-corrected chi connectivity index (χ4v) is 1.98. The minimum atomic E-state index is -3.57. The van der Waals surface area contributed by atoms with Gasteiger partial charge in [-0.25, -0.2) is 8.78 Å². The summed E-state index contributed by atoms with van der Waals surface area (Å²) in [6.45, 7) is 0.713.